The zero-order valence-electron chi connectivity index (χ0n) is 21.0. The van der Waals surface area contributed by atoms with Crippen LogP contribution in [-0.4, -0.2) is 83.9 Å². The van der Waals surface area contributed by atoms with Gasteiger partial charge >= 0.3 is 0 Å². The van der Waals surface area contributed by atoms with Crippen molar-refractivity contribution in [3.05, 3.63) is 34.9 Å². The summed E-state index contributed by atoms with van der Waals surface area (Å²) in [6.07, 6.45) is 7.38. The van der Waals surface area contributed by atoms with Gasteiger partial charge in [-0.3, -0.25) is 9.59 Å². The summed E-state index contributed by atoms with van der Waals surface area (Å²) in [4.78, 5) is 33.4. The number of halogens is 1. The van der Waals surface area contributed by atoms with E-state index in [9.17, 15) is 9.59 Å². The maximum Gasteiger partial charge on any atom is 0.240 e. The monoisotopic (exact) mass is 488 g/mol. The lowest BCUT2D eigenvalue weighted by Gasteiger charge is -2.40. The first-order valence-corrected chi connectivity index (χ1v) is 13.5. The van der Waals surface area contributed by atoms with Crippen molar-refractivity contribution in [2.24, 2.45) is 5.92 Å². The summed E-state index contributed by atoms with van der Waals surface area (Å²) in [5, 5.41) is 4.33. The van der Waals surface area contributed by atoms with Crippen LogP contribution in [0.4, 0.5) is 0 Å². The fourth-order valence-electron chi connectivity index (χ4n) is 5.87. The third-order valence-electron chi connectivity index (χ3n) is 7.74. The number of likely N-dealkylation sites (tertiary alicyclic amines) is 2. The van der Waals surface area contributed by atoms with Crippen LogP contribution in [0, 0.1) is 5.92 Å². The van der Waals surface area contributed by atoms with Crippen LogP contribution in [0.25, 0.3) is 0 Å². The van der Waals surface area contributed by atoms with Gasteiger partial charge in [-0.2, -0.15) is 0 Å². The van der Waals surface area contributed by atoms with Gasteiger partial charge in [0.15, 0.2) is 0 Å². The van der Waals surface area contributed by atoms with Crippen molar-refractivity contribution in [3.63, 3.8) is 0 Å². The normalized spacial score (nSPS) is 23.2. The molecule has 34 heavy (non-hydrogen) atoms. The van der Waals surface area contributed by atoms with E-state index in [1.165, 1.54) is 19.3 Å². The molecule has 188 valence electrons. The molecule has 6 nitrogen and oxygen atoms in total. The molecule has 4 rings (SSSR count). The molecule has 1 N–H and O–H groups in total. The van der Waals surface area contributed by atoms with Crippen LogP contribution in [-0.2, 0) is 16.0 Å². The molecule has 2 aliphatic heterocycles. The van der Waals surface area contributed by atoms with Gasteiger partial charge < -0.3 is 20.0 Å². The molecular formula is C27H41ClN4O2. The minimum absolute atomic E-state index is 0.0124. The van der Waals surface area contributed by atoms with Crippen LogP contribution < -0.4 is 5.32 Å². The van der Waals surface area contributed by atoms with Crippen LogP contribution in [0.3, 0.4) is 0 Å². The molecule has 2 heterocycles. The van der Waals surface area contributed by atoms with E-state index in [0.717, 1.165) is 44.5 Å². The Labute approximate surface area is 210 Å². The standard InChI is InChI=1S/C27H41ClN4O2/c1-19(2)26(33)32(23-7-5-4-6-8-23)24-13-14-31(18-24)27(34)25(29-22-16-30(3)17-22)15-20-9-11-21(28)12-10-20/h9-12,19,22-25,29H,4-8,13-18H2,1-3H3/t24-,25+/m0/s1. The average Bonchev–Trinajstić information content (AvgIpc) is 3.29. The number of benzene rings is 1. The molecule has 1 saturated carbocycles. The molecule has 3 fully saturated rings. The molecule has 1 aromatic rings. The van der Waals surface area contributed by atoms with Crippen LogP contribution in [0.5, 0.6) is 0 Å². The van der Waals surface area contributed by atoms with E-state index >= 15 is 0 Å². The lowest BCUT2D eigenvalue weighted by molar-refractivity contribution is -0.141. The van der Waals surface area contributed by atoms with Crippen molar-refractivity contribution in [1.82, 2.24) is 20.0 Å². The number of rotatable bonds is 8. The molecule has 0 bridgehead atoms. The topological polar surface area (TPSA) is 55.9 Å². The number of nitrogens with one attached hydrogen (secondary N) is 1. The molecule has 3 aliphatic rings. The summed E-state index contributed by atoms with van der Waals surface area (Å²) < 4.78 is 0. The Hall–Kier alpha value is -1.63. The highest BCUT2D eigenvalue weighted by Crippen LogP contribution is 2.29. The largest absolute Gasteiger partial charge is 0.339 e. The van der Waals surface area contributed by atoms with Crippen molar-refractivity contribution >= 4 is 23.4 Å². The van der Waals surface area contributed by atoms with E-state index in [1.807, 2.05) is 43.0 Å². The third kappa shape index (κ3) is 6.13. The minimum atomic E-state index is -0.262. The molecule has 7 heteroatoms. The van der Waals surface area contributed by atoms with Crippen LogP contribution in [0.15, 0.2) is 24.3 Å². The van der Waals surface area contributed by atoms with Crippen LogP contribution >= 0.6 is 11.6 Å². The maximum atomic E-state index is 13.7. The molecule has 0 radical (unpaired) electrons. The third-order valence-corrected chi connectivity index (χ3v) is 7.99. The number of nitrogens with zero attached hydrogens (tertiary/aromatic N) is 3. The highest BCUT2D eigenvalue weighted by Gasteiger charge is 2.40. The summed E-state index contributed by atoms with van der Waals surface area (Å²) in [5.74, 6) is 0.397. The Bertz CT molecular complexity index is 834. The molecule has 2 atom stereocenters. The Morgan fingerprint density at radius 1 is 1.03 bits per heavy atom. The van der Waals surface area contributed by atoms with Gasteiger partial charge in [0, 0.05) is 49.2 Å². The number of hydrogen-bond acceptors (Lipinski definition) is 4. The lowest BCUT2D eigenvalue weighted by Crippen LogP contribution is -2.61. The summed E-state index contributed by atoms with van der Waals surface area (Å²) in [5.41, 5.74) is 1.11. The molecule has 2 saturated heterocycles. The second-order valence-electron chi connectivity index (χ2n) is 10.9. The predicted octanol–water partition coefficient (Wildman–Crippen LogP) is 3.57. The summed E-state index contributed by atoms with van der Waals surface area (Å²) in [7, 11) is 2.10. The summed E-state index contributed by atoms with van der Waals surface area (Å²) in [6, 6.07) is 8.34. The van der Waals surface area contributed by atoms with Gasteiger partial charge in [0.1, 0.15) is 0 Å². The fourth-order valence-corrected chi connectivity index (χ4v) is 5.99. The smallest absolute Gasteiger partial charge is 0.240 e. The van der Waals surface area contributed by atoms with E-state index < -0.39 is 0 Å². The lowest BCUT2D eigenvalue weighted by atomic mass is 9.92. The average molecular weight is 489 g/mol. The van der Waals surface area contributed by atoms with E-state index in [0.29, 0.717) is 30.1 Å². The van der Waals surface area contributed by atoms with Crippen molar-refractivity contribution in [3.8, 4) is 0 Å². The van der Waals surface area contributed by atoms with E-state index in [4.69, 9.17) is 11.6 Å². The van der Waals surface area contributed by atoms with Gasteiger partial charge in [-0.1, -0.05) is 56.8 Å². The van der Waals surface area contributed by atoms with Crippen molar-refractivity contribution in [1.29, 1.82) is 0 Å². The quantitative estimate of drug-likeness (QED) is 0.607. The van der Waals surface area contributed by atoms with Crippen molar-refractivity contribution in [2.75, 3.05) is 33.2 Å². The van der Waals surface area contributed by atoms with Crippen LogP contribution in [0.2, 0.25) is 5.02 Å². The van der Waals surface area contributed by atoms with E-state index in [-0.39, 0.29) is 29.8 Å². The number of likely N-dealkylation sites (N-methyl/N-ethyl adjacent to an activating group) is 1. The molecule has 1 aliphatic carbocycles. The zero-order chi connectivity index (χ0) is 24.2. The van der Waals surface area contributed by atoms with Gasteiger partial charge in [-0.25, -0.2) is 0 Å². The van der Waals surface area contributed by atoms with E-state index in [1.54, 1.807) is 0 Å². The maximum absolute atomic E-state index is 13.7. The first-order chi connectivity index (χ1) is 16.3. The van der Waals surface area contributed by atoms with E-state index in [2.05, 4.69) is 22.2 Å². The Balaban J connectivity index is 1.45. The van der Waals surface area contributed by atoms with Crippen molar-refractivity contribution < 1.29 is 9.59 Å². The van der Waals surface area contributed by atoms with Gasteiger partial charge in [0.05, 0.1) is 12.1 Å². The van der Waals surface area contributed by atoms with Gasteiger partial charge in [-0.05, 0) is 50.4 Å². The number of carbonyl (C=O) groups excluding carboxylic acids is 2. The number of amides is 2. The number of hydrogen-bond donors (Lipinski definition) is 1. The molecule has 1 aromatic carbocycles. The van der Waals surface area contributed by atoms with Crippen molar-refractivity contribution in [2.45, 2.75) is 83.0 Å². The minimum Gasteiger partial charge on any atom is -0.339 e. The highest BCUT2D eigenvalue weighted by molar-refractivity contribution is 6.30. The molecule has 0 spiro atoms. The molecule has 0 aromatic heterocycles. The fraction of sp³-hybridized carbons (Fsp3) is 0.704. The number of carbonyl (C=O) groups is 2. The molecule has 0 unspecified atom stereocenters. The highest BCUT2D eigenvalue weighted by atomic mass is 35.5. The first-order valence-electron chi connectivity index (χ1n) is 13.1. The summed E-state index contributed by atoms with van der Waals surface area (Å²) >= 11 is 6.08. The molecular weight excluding hydrogens is 448 g/mol. The summed E-state index contributed by atoms with van der Waals surface area (Å²) in [6.45, 7) is 7.30. The predicted molar refractivity (Wildman–Crippen MR) is 137 cm³/mol. The first kappa shape index (κ1) is 25.5. The Morgan fingerprint density at radius 3 is 2.32 bits per heavy atom. The second kappa shape index (κ2) is 11.4. The SMILES string of the molecule is CC(C)C(=O)N(C1CCCCC1)[C@H]1CCN(C(=O)[C@@H](Cc2ccc(Cl)cc2)NC2CN(C)C2)C1. The Kier molecular flexibility index (Phi) is 8.54. The second-order valence-corrected chi connectivity index (χ2v) is 11.3. The molecule has 2 amide bonds. The zero-order valence-corrected chi connectivity index (χ0v) is 21.8. The van der Waals surface area contributed by atoms with Gasteiger partial charge in [0.25, 0.3) is 0 Å². The van der Waals surface area contributed by atoms with Gasteiger partial charge in [0.2, 0.25) is 11.8 Å². The Morgan fingerprint density at radius 2 is 1.71 bits per heavy atom. The van der Waals surface area contributed by atoms with Crippen LogP contribution in [0.1, 0.15) is 57.9 Å². The van der Waals surface area contributed by atoms with Gasteiger partial charge in [-0.15, -0.1) is 0 Å².